The second-order valence-electron chi connectivity index (χ2n) is 9.44. The number of benzene rings is 2. The fourth-order valence-electron chi connectivity index (χ4n) is 4.75. The van der Waals surface area contributed by atoms with Gasteiger partial charge in [-0.05, 0) is 62.9 Å². The van der Waals surface area contributed by atoms with E-state index in [2.05, 4.69) is 46.9 Å². The summed E-state index contributed by atoms with van der Waals surface area (Å²) in [5, 5.41) is 9.99. The average Bonchev–Trinajstić information content (AvgIpc) is 3.12. The highest BCUT2D eigenvalue weighted by Gasteiger charge is 2.42. The highest BCUT2D eigenvalue weighted by atomic mass is 16.2. The van der Waals surface area contributed by atoms with Crippen LogP contribution in [0.2, 0.25) is 0 Å². The van der Waals surface area contributed by atoms with Crippen LogP contribution in [0.15, 0.2) is 54.6 Å². The van der Waals surface area contributed by atoms with E-state index >= 15 is 0 Å². The first kappa shape index (κ1) is 25.1. The third-order valence-electron chi connectivity index (χ3n) is 7.07. The van der Waals surface area contributed by atoms with Crippen LogP contribution in [0.1, 0.15) is 59.8 Å². The van der Waals surface area contributed by atoms with Crippen LogP contribution >= 0.6 is 0 Å². The van der Waals surface area contributed by atoms with Gasteiger partial charge in [0.15, 0.2) is 0 Å². The number of hydrogen-bond acceptors (Lipinski definition) is 4. The summed E-state index contributed by atoms with van der Waals surface area (Å²) in [6.07, 6.45) is 4.70. The zero-order chi connectivity index (χ0) is 25.9. The van der Waals surface area contributed by atoms with Crippen LogP contribution in [0.5, 0.6) is 0 Å². The Hall–Kier alpha value is -4.00. The molecule has 1 aliphatic rings. The minimum absolute atomic E-state index is 0.231. The lowest BCUT2D eigenvalue weighted by molar-refractivity contribution is -0.138. The molecule has 0 bridgehead atoms. The Labute approximate surface area is 211 Å². The number of carbonyl (C=O) groups excluding carboxylic acids is 3. The van der Waals surface area contributed by atoms with Crippen molar-refractivity contribution in [2.45, 2.75) is 58.9 Å². The standard InChI is InChI=1S/C29H32N4O3/c1-5-29(17-16-27(35)31-28(29)36)23-10-12-24(13-11-23)30-26(34)15-14-25-20(3)32-33(21(25)4)18-22-8-6-19(2)7-9-22/h6-15H,5,16-18H2,1-4H3,(H,30,34)(H,31,35,36)/b15-14+. The van der Waals surface area contributed by atoms with E-state index < -0.39 is 5.41 Å². The van der Waals surface area contributed by atoms with Crippen LogP contribution in [0.3, 0.4) is 0 Å². The van der Waals surface area contributed by atoms with E-state index in [0.29, 0.717) is 31.5 Å². The highest BCUT2D eigenvalue weighted by molar-refractivity contribution is 6.04. The van der Waals surface area contributed by atoms with Gasteiger partial charge in [-0.15, -0.1) is 0 Å². The molecule has 7 heteroatoms. The van der Waals surface area contributed by atoms with Gasteiger partial charge in [0.2, 0.25) is 17.7 Å². The normalized spacial score (nSPS) is 17.9. The Morgan fingerprint density at radius 3 is 2.42 bits per heavy atom. The number of nitrogens with zero attached hydrogens (tertiary/aromatic N) is 2. The van der Waals surface area contributed by atoms with Gasteiger partial charge in [0, 0.05) is 29.4 Å². The highest BCUT2D eigenvalue weighted by Crippen LogP contribution is 2.36. The average molecular weight is 485 g/mol. The molecule has 1 saturated heterocycles. The van der Waals surface area contributed by atoms with Gasteiger partial charge in [-0.2, -0.15) is 5.10 Å². The molecule has 0 radical (unpaired) electrons. The maximum Gasteiger partial charge on any atom is 0.248 e. The predicted octanol–water partition coefficient (Wildman–Crippen LogP) is 4.59. The molecule has 36 heavy (non-hydrogen) atoms. The van der Waals surface area contributed by atoms with Crippen molar-refractivity contribution in [3.63, 3.8) is 0 Å². The lowest BCUT2D eigenvalue weighted by Gasteiger charge is -2.35. The second kappa shape index (κ2) is 10.3. The first-order valence-corrected chi connectivity index (χ1v) is 12.3. The summed E-state index contributed by atoms with van der Waals surface area (Å²) in [4.78, 5) is 36.8. The summed E-state index contributed by atoms with van der Waals surface area (Å²) in [5.74, 6) is -0.736. The molecule has 0 saturated carbocycles. The first-order valence-electron chi connectivity index (χ1n) is 12.3. The van der Waals surface area contributed by atoms with Crippen molar-refractivity contribution in [2.24, 2.45) is 0 Å². The number of aromatic nitrogens is 2. The van der Waals surface area contributed by atoms with Crippen LogP contribution in [0.4, 0.5) is 5.69 Å². The molecule has 0 aliphatic carbocycles. The summed E-state index contributed by atoms with van der Waals surface area (Å²) in [5.41, 5.74) is 5.94. The van der Waals surface area contributed by atoms with E-state index in [0.717, 1.165) is 22.5 Å². The van der Waals surface area contributed by atoms with Gasteiger partial charge in [-0.3, -0.25) is 24.4 Å². The van der Waals surface area contributed by atoms with Crippen molar-refractivity contribution < 1.29 is 14.4 Å². The van der Waals surface area contributed by atoms with E-state index in [1.165, 1.54) is 17.2 Å². The lowest BCUT2D eigenvalue weighted by Crippen LogP contribution is -2.51. The van der Waals surface area contributed by atoms with Gasteiger partial charge in [0.25, 0.3) is 0 Å². The lowest BCUT2D eigenvalue weighted by atomic mass is 9.72. The molecule has 0 spiro atoms. The molecule has 1 unspecified atom stereocenters. The number of anilines is 1. The van der Waals surface area contributed by atoms with E-state index in [1.54, 1.807) is 18.2 Å². The van der Waals surface area contributed by atoms with Crippen LogP contribution in [-0.4, -0.2) is 27.5 Å². The van der Waals surface area contributed by atoms with Crippen molar-refractivity contribution in [2.75, 3.05) is 5.32 Å². The maximum absolute atomic E-state index is 12.6. The molecule has 7 nitrogen and oxygen atoms in total. The van der Waals surface area contributed by atoms with E-state index in [9.17, 15) is 14.4 Å². The number of aryl methyl sites for hydroxylation is 2. The molecule has 2 aromatic carbocycles. The Balaban J connectivity index is 1.43. The minimum atomic E-state index is -0.718. The van der Waals surface area contributed by atoms with Crippen LogP contribution < -0.4 is 10.6 Å². The third-order valence-corrected chi connectivity index (χ3v) is 7.07. The van der Waals surface area contributed by atoms with Crippen LogP contribution in [-0.2, 0) is 26.3 Å². The van der Waals surface area contributed by atoms with E-state index in [-0.39, 0.29) is 17.7 Å². The number of piperidine rings is 1. The second-order valence-corrected chi connectivity index (χ2v) is 9.44. The summed E-state index contributed by atoms with van der Waals surface area (Å²) in [6.45, 7) is 8.62. The Bertz CT molecular complexity index is 1320. The van der Waals surface area contributed by atoms with Gasteiger partial charge >= 0.3 is 0 Å². The van der Waals surface area contributed by atoms with Crippen LogP contribution in [0, 0.1) is 20.8 Å². The van der Waals surface area contributed by atoms with Crippen molar-refractivity contribution in [1.82, 2.24) is 15.1 Å². The number of imide groups is 1. The molecule has 1 atom stereocenters. The van der Waals surface area contributed by atoms with Crippen molar-refractivity contribution in [1.29, 1.82) is 0 Å². The Morgan fingerprint density at radius 2 is 1.78 bits per heavy atom. The van der Waals surface area contributed by atoms with Gasteiger partial charge in [0.05, 0.1) is 17.7 Å². The fourth-order valence-corrected chi connectivity index (χ4v) is 4.75. The van der Waals surface area contributed by atoms with Crippen LogP contribution in [0.25, 0.3) is 6.08 Å². The molecule has 3 amide bonds. The number of nitrogens with one attached hydrogen (secondary N) is 2. The zero-order valence-corrected chi connectivity index (χ0v) is 21.2. The predicted molar refractivity (Wildman–Crippen MR) is 140 cm³/mol. The van der Waals surface area contributed by atoms with E-state index in [4.69, 9.17) is 0 Å². The number of rotatable bonds is 7. The SMILES string of the molecule is CCC1(c2ccc(NC(=O)/C=C/c3c(C)nn(Cc4ccc(C)cc4)c3C)cc2)CCC(=O)NC1=O. The summed E-state index contributed by atoms with van der Waals surface area (Å²) >= 11 is 0. The fraction of sp³-hybridized carbons (Fsp3) is 0.310. The Morgan fingerprint density at radius 1 is 1.08 bits per heavy atom. The third kappa shape index (κ3) is 5.15. The molecular formula is C29H32N4O3. The molecule has 186 valence electrons. The maximum atomic E-state index is 12.6. The van der Waals surface area contributed by atoms with E-state index in [1.807, 2.05) is 37.6 Å². The summed E-state index contributed by atoms with van der Waals surface area (Å²) < 4.78 is 1.95. The van der Waals surface area contributed by atoms with Gasteiger partial charge in [-0.25, -0.2) is 0 Å². The molecule has 2 heterocycles. The molecule has 1 fully saturated rings. The first-order chi connectivity index (χ1) is 17.2. The monoisotopic (exact) mass is 484 g/mol. The van der Waals surface area contributed by atoms with Crippen molar-refractivity contribution in [3.05, 3.63) is 88.2 Å². The quantitative estimate of drug-likeness (QED) is 0.379. The number of hydrogen-bond donors (Lipinski definition) is 2. The number of amides is 3. The minimum Gasteiger partial charge on any atom is -0.323 e. The molecule has 1 aromatic heterocycles. The summed E-state index contributed by atoms with van der Waals surface area (Å²) in [7, 11) is 0. The van der Waals surface area contributed by atoms with Gasteiger partial charge in [0.1, 0.15) is 0 Å². The van der Waals surface area contributed by atoms with Gasteiger partial charge < -0.3 is 5.32 Å². The van der Waals surface area contributed by atoms with Crippen molar-refractivity contribution >= 4 is 29.5 Å². The zero-order valence-electron chi connectivity index (χ0n) is 21.2. The molecule has 3 aromatic rings. The molecule has 1 aliphatic heterocycles. The Kier molecular flexibility index (Phi) is 7.20. The van der Waals surface area contributed by atoms with Gasteiger partial charge in [-0.1, -0.05) is 48.9 Å². The van der Waals surface area contributed by atoms with Crippen molar-refractivity contribution in [3.8, 4) is 0 Å². The molecular weight excluding hydrogens is 452 g/mol. The number of carbonyl (C=O) groups is 3. The summed E-state index contributed by atoms with van der Waals surface area (Å²) in [6, 6.07) is 15.7. The smallest absolute Gasteiger partial charge is 0.248 e. The topological polar surface area (TPSA) is 93.1 Å². The molecule has 2 N–H and O–H groups in total. The molecule has 4 rings (SSSR count). The largest absolute Gasteiger partial charge is 0.323 e.